The second-order valence-electron chi connectivity index (χ2n) is 9.88. The Morgan fingerprint density at radius 1 is 0.935 bits per heavy atom. The molecule has 0 saturated heterocycles. The molecular formula is C30H42O. The Bertz CT molecular complexity index is 817. The molecule has 2 atom stereocenters. The second kappa shape index (κ2) is 12.2. The van der Waals surface area contributed by atoms with E-state index in [1.54, 1.807) is 0 Å². The van der Waals surface area contributed by atoms with Crippen molar-refractivity contribution < 1.29 is 4.79 Å². The van der Waals surface area contributed by atoms with E-state index in [-0.39, 0.29) is 0 Å². The lowest BCUT2D eigenvalue weighted by molar-refractivity contribution is 0.0957. The van der Waals surface area contributed by atoms with Crippen LogP contribution in [0.15, 0.2) is 42.5 Å². The summed E-state index contributed by atoms with van der Waals surface area (Å²) in [5.41, 5.74) is 6.69. The molecule has 0 N–H and O–H groups in total. The van der Waals surface area contributed by atoms with Crippen molar-refractivity contribution in [3.8, 4) is 0 Å². The number of fused-ring (bicyclic) bond motifs is 1. The molecule has 3 rings (SSSR count). The highest BCUT2D eigenvalue weighted by atomic mass is 16.1. The minimum absolute atomic E-state index is 0.306. The molecule has 0 amide bonds. The van der Waals surface area contributed by atoms with Crippen LogP contribution in [0.5, 0.6) is 0 Å². The van der Waals surface area contributed by atoms with Gasteiger partial charge in [-0.3, -0.25) is 4.79 Å². The van der Waals surface area contributed by atoms with Crippen LogP contribution in [0, 0.1) is 11.8 Å². The van der Waals surface area contributed by atoms with Crippen LogP contribution in [0.1, 0.15) is 105 Å². The van der Waals surface area contributed by atoms with Crippen LogP contribution in [0.3, 0.4) is 0 Å². The first-order chi connectivity index (χ1) is 15.1. The summed E-state index contributed by atoms with van der Waals surface area (Å²) < 4.78 is 0. The number of carbonyl (C=O) groups excluding carboxylic acids is 1. The van der Waals surface area contributed by atoms with Crippen LogP contribution in [0.4, 0.5) is 0 Å². The highest BCUT2D eigenvalue weighted by Gasteiger charge is 2.22. The van der Waals surface area contributed by atoms with Crippen molar-refractivity contribution in [3.05, 3.63) is 70.3 Å². The third kappa shape index (κ3) is 7.34. The molecule has 1 unspecified atom stereocenters. The highest BCUT2D eigenvalue weighted by Crippen LogP contribution is 2.30. The number of rotatable bonds is 12. The molecule has 1 aliphatic rings. The summed E-state index contributed by atoms with van der Waals surface area (Å²) in [6.07, 6.45) is 14.4. The van der Waals surface area contributed by atoms with Crippen LogP contribution in [-0.2, 0) is 25.7 Å². The van der Waals surface area contributed by atoms with Crippen LogP contribution in [0.2, 0.25) is 0 Å². The third-order valence-corrected chi connectivity index (χ3v) is 7.20. The molecule has 0 aliphatic heterocycles. The molecular weight excluding hydrogens is 376 g/mol. The van der Waals surface area contributed by atoms with E-state index in [1.165, 1.54) is 67.2 Å². The number of aryl methyl sites for hydroxylation is 3. The lowest BCUT2D eigenvalue weighted by Crippen LogP contribution is -2.18. The zero-order valence-electron chi connectivity index (χ0n) is 20.1. The van der Waals surface area contributed by atoms with Gasteiger partial charge in [0.15, 0.2) is 5.78 Å². The van der Waals surface area contributed by atoms with E-state index in [0.717, 1.165) is 37.2 Å². The van der Waals surface area contributed by atoms with Crippen LogP contribution >= 0.6 is 0 Å². The van der Waals surface area contributed by atoms with Gasteiger partial charge in [0, 0.05) is 12.0 Å². The van der Waals surface area contributed by atoms with Gasteiger partial charge < -0.3 is 0 Å². The Hall–Kier alpha value is -1.89. The summed E-state index contributed by atoms with van der Waals surface area (Å²) in [6.45, 7) is 6.84. The molecule has 0 heterocycles. The van der Waals surface area contributed by atoms with Crippen LogP contribution < -0.4 is 0 Å². The van der Waals surface area contributed by atoms with Crippen molar-refractivity contribution in [2.24, 2.45) is 11.8 Å². The van der Waals surface area contributed by atoms with Gasteiger partial charge in [0.2, 0.25) is 0 Å². The highest BCUT2D eigenvalue weighted by molar-refractivity contribution is 5.96. The Morgan fingerprint density at radius 3 is 2.45 bits per heavy atom. The summed E-state index contributed by atoms with van der Waals surface area (Å²) in [5, 5.41) is 0. The largest absolute Gasteiger partial charge is 0.294 e. The van der Waals surface area contributed by atoms with Crippen molar-refractivity contribution in [1.29, 1.82) is 0 Å². The summed E-state index contributed by atoms with van der Waals surface area (Å²) in [5.74, 6) is 1.69. The third-order valence-electron chi connectivity index (χ3n) is 7.20. The number of unbranched alkanes of at least 4 members (excludes halogenated alkanes) is 2. The molecule has 0 saturated carbocycles. The predicted molar refractivity (Wildman–Crippen MR) is 133 cm³/mol. The maximum Gasteiger partial charge on any atom is 0.163 e. The van der Waals surface area contributed by atoms with Gasteiger partial charge in [-0.2, -0.15) is 0 Å². The van der Waals surface area contributed by atoms with Crippen LogP contribution in [0.25, 0.3) is 0 Å². The van der Waals surface area contributed by atoms with Gasteiger partial charge in [0.05, 0.1) is 0 Å². The molecule has 1 nitrogen and oxygen atoms in total. The number of hydrogen-bond donors (Lipinski definition) is 0. The number of carbonyl (C=O) groups is 1. The number of Topliss-reactive ketones (excluding diaryl/α,β-unsaturated/α-hetero) is 1. The van der Waals surface area contributed by atoms with E-state index in [2.05, 4.69) is 51.1 Å². The SMILES string of the molecule is CCCC(C)CCCCCc1ccc2c(c1)CC[C@H](CC(=O)c1ccc(CC)cc1)C2. The van der Waals surface area contributed by atoms with E-state index in [0.29, 0.717) is 18.1 Å². The lowest BCUT2D eigenvalue weighted by atomic mass is 9.80. The first kappa shape index (κ1) is 23.8. The van der Waals surface area contributed by atoms with Gasteiger partial charge in [-0.05, 0) is 72.6 Å². The topological polar surface area (TPSA) is 17.1 Å². The average Bonchev–Trinajstić information content (AvgIpc) is 2.79. The maximum atomic E-state index is 12.7. The van der Waals surface area contributed by atoms with Gasteiger partial charge in [-0.25, -0.2) is 0 Å². The molecule has 168 valence electrons. The lowest BCUT2D eigenvalue weighted by Gasteiger charge is -2.25. The van der Waals surface area contributed by atoms with Crippen molar-refractivity contribution in [2.45, 2.75) is 97.8 Å². The fraction of sp³-hybridized carbons (Fsp3) is 0.567. The van der Waals surface area contributed by atoms with Gasteiger partial charge in [-0.1, -0.05) is 95.3 Å². The molecule has 1 heteroatoms. The predicted octanol–water partition coefficient (Wildman–Crippen LogP) is 8.17. The maximum absolute atomic E-state index is 12.7. The average molecular weight is 419 g/mol. The molecule has 1 aliphatic carbocycles. The number of ketones is 1. The van der Waals surface area contributed by atoms with E-state index >= 15 is 0 Å². The molecule has 0 bridgehead atoms. The Morgan fingerprint density at radius 2 is 1.71 bits per heavy atom. The first-order valence-corrected chi connectivity index (χ1v) is 12.8. The molecule has 0 aromatic heterocycles. The fourth-order valence-electron chi connectivity index (χ4n) is 5.16. The van der Waals surface area contributed by atoms with E-state index in [4.69, 9.17) is 0 Å². The van der Waals surface area contributed by atoms with Gasteiger partial charge in [-0.15, -0.1) is 0 Å². The summed E-state index contributed by atoms with van der Waals surface area (Å²) in [7, 11) is 0. The summed E-state index contributed by atoms with van der Waals surface area (Å²) in [6, 6.07) is 15.3. The van der Waals surface area contributed by atoms with Crippen LogP contribution in [-0.4, -0.2) is 5.78 Å². The smallest absolute Gasteiger partial charge is 0.163 e. The molecule has 2 aromatic carbocycles. The quantitative estimate of drug-likeness (QED) is 0.251. The normalized spacial score (nSPS) is 16.7. The molecule has 0 fully saturated rings. The van der Waals surface area contributed by atoms with Gasteiger partial charge >= 0.3 is 0 Å². The van der Waals surface area contributed by atoms with Gasteiger partial charge in [0.25, 0.3) is 0 Å². The molecule has 0 radical (unpaired) electrons. The molecule has 31 heavy (non-hydrogen) atoms. The minimum Gasteiger partial charge on any atom is -0.294 e. The van der Waals surface area contributed by atoms with Crippen molar-refractivity contribution in [3.63, 3.8) is 0 Å². The monoisotopic (exact) mass is 418 g/mol. The summed E-state index contributed by atoms with van der Waals surface area (Å²) in [4.78, 5) is 12.7. The van der Waals surface area contributed by atoms with E-state index in [9.17, 15) is 4.79 Å². The standard InChI is InChI=1S/C30H42O/c1-4-9-23(3)10-7-6-8-11-25-14-18-29-21-26(15-19-28(29)20-25)22-30(31)27-16-12-24(5-2)13-17-27/h12-14,16-18,20,23,26H,4-11,15,19,21-22H2,1-3H3/t23?,26-/m0/s1. The van der Waals surface area contributed by atoms with Crippen molar-refractivity contribution in [1.82, 2.24) is 0 Å². The van der Waals surface area contributed by atoms with Gasteiger partial charge in [0.1, 0.15) is 0 Å². The van der Waals surface area contributed by atoms with Crippen molar-refractivity contribution >= 4 is 5.78 Å². The van der Waals surface area contributed by atoms with E-state index in [1.807, 2.05) is 12.1 Å². The minimum atomic E-state index is 0.306. The number of hydrogen-bond acceptors (Lipinski definition) is 1. The Balaban J connectivity index is 1.44. The number of benzene rings is 2. The zero-order valence-corrected chi connectivity index (χ0v) is 20.1. The second-order valence-corrected chi connectivity index (χ2v) is 9.88. The first-order valence-electron chi connectivity index (χ1n) is 12.8. The Kier molecular flexibility index (Phi) is 9.37. The van der Waals surface area contributed by atoms with Crippen molar-refractivity contribution in [2.75, 3.05) is 0 Å². The fourth-order valence-corrected chi connectivity index (χ4v) is 5.16. The summed E-state index contributed by atoms with van der Waals surface area (Å²) >= 11 is 0. The Labute approximate surface area is 190 Å². The van der Waals surface area contributed by atoms with E-state index < -0.39 is 0 Å². The molecule has 0 spiro atoms. The molecule has 2 aromatic rings. The zero-order chi connectivity index (χ0) is 22.1.